The Morgan fingerprint density at radius 3 is 1.87 bits per heavy atom. The van der Waals surface area contributed by atoms with Gasteiger partial charge in [-0.1, -0.05) is 175 Å². The Kier molecular flexibility index (Phi) is 7.69. The van der Waals surface area contributed by atoms with Crippen LogP contribution in [0.4, 0.5) is 0 Å². The van der Waals surface area contributed by atoms with Gasteiger partial charge in [0.15, 0.2) is 0 Å². The summed E-state index contributed by atoms with van der Waals surface area (Å²) < 4.78 is 142. The maximum atomic E-state index is 9.99. The minimum atomic E-state index is -2.86. The molecule has 0 saturated carbocycles. The molecule has 75 heavy (non-hydrogen) atoms. The van der Waals surface area contributed by atoms with Crippen LogP contribution in [-0.2, 0) is 10.8 Å². The van der Waals surface area contributed by atoms with Gasteiger partial charge in [-0.15, -0.1) is 0 Å². The average Bonchev–Trinajstić information content (AvgIpc) is 1.66. The van der Waals surface area contributed by atoms with Crippen molar-refractivity contribution in [3.63, 3.8) is 0 Å². The van der Waals surface area contributed by atoms with Gasteiger partial charge in [0.2, 0.25) is 0 Å². The number of para-hydroxylation sites is 2. The second-order valence-corrected chi connectivity index (χ2v) is 21.2. The van der Waals surface area contributed by atoms with Crippen LogP contribution in [0.1, 0.15) is 83.0 Å². The number of hydrogen-bond acceptors (Lipinski definition) is 2. The minimum absolute atomic E-state index is 0.0526. The van der Waals surface area contributed by atoms with Crippen LogP contribution < -0.4 is 9.30 Å². The highest BCUT2D eigenvalue weighted by Gasteiger charge is 2.28. The molecule has 0 amide bonds. The summed E-state index contributed by atoms with van der Waals surface area (Å²) >= 11 is 0. The zero-order valence-corrected chi connectivity index (χ0v) is 42.2. The summed E-state index contributed by atoms with van der Waals surface area (Å²) in [6, 6.07) is 41.2. The molecule has 0 N–H and O–H groups in total. The number of rotatable bonds is 6. The number of aryl methyl sites for hydroxylation is 2. The first kappa shape index (κ1) is 33.1. The van der Waals surface area contributed by atoms with Crippen LogP contribution in [0.5, 0.6) is 11.5 Å². The molecule has 5 nitrogen and oxygen atoms in total. The molecule has 12 aromatic rings. The molecule has 0 aliphatic carbocycles. The van der Waals surface area contributed by atoms with Crippen LogP contribution in [0.2, 0.25) is 0 Å². The van der Waals surface area contributed by atoms with Gasteiger partial charge >= 0.3 is 0 Å². The molecule has 0 spiro atoms. The summed E-state index contributed by atoms with van der Waals surface area (Å²) in [6.45, 7) is 7.00. The molecule has 0 atom stereocenters. The fourth-order valence-corrected chi connectivity index (χ4v) is 10.6. The van der Waals surface area contributed by atoms with Crippen LogP contribution in [0.3, 0.4) is 0 Å². The van der Waals surface area contributed by atoms with Crippen molar-refractivity contribution in [1.82, 2.24) is 14.1 Å². The number of ether oxygens (including phenoxy) is 1. The first-order valence-corrected chi connectivity index (χ1v) is 25.0. The highest BCUT2D eigenvalue weighted by molar-refractivity contribution is 6.09. The standard InChI is InChI=1S/C70H58N4O/c1-44-18-15-19-45(2)66(44)47-38-60(46-30-32-48(33-31-46)69(3,4)5)67-61(39-47)56-25-12-10-23-54(56)53-22-9-11-24-55(53)59-27-17-29-63-68(59)73(67)43-72(63)50-20-16-21-51(41-50)75-52-34-35-58-57-26-13-14-28-62(57)74(64(58)42-52)65-40-49(36-37-71-65)70(6,7)8/h9-42H,1-8H3/i1D3,2D3,9D,10D,11D,12D,22D,23D,24D,25D. The smallest absolute Gasteiger partial charge is 0.269 e. The molecular weight excluding hydrogens is 913 g/mol. The van der Waals surface area contributed by atoms with E-state index in [0.29, 0.717) is 39.3 Å². The number of fused-ring (bicyclic) bond motifs is 10. The maximum absolute atomic E-state index is 9.99. The van der Waals surface area contributed by atoms with Crippen molar-refractivity contribution < 1.29 is 28.5 Å². The largest absolute Gasteiger partial charge is 0.458 e. The molecule has 13 rings (SSSR count). The van der Waals surface area contributed by atoms with Crippen molar-refractivity contribution in [3.05, 3.63) is 235 Å². The second-order valence-electron chi connectivity index (χ2n) is 21.2. The zero-order valence-electron chi connectivity index (χ0n) is 56.2. The Bertz CT molecular complexity index is 4930. The van der Waals surface area contributed by atoms with Crippen LogP contribution in [-0.4, -0.2) is 14.1 Å². The van der Waals surface area contributed by atoms with Crippen molar-refractivity contribution in [1.29, 1.82) is 0 Å². The van der Waals surface area contributed by atoms with Crippen molar-refractivity contribution in [3.8, 4) is 84.3 Å². The van der Waals surface area contributed by atoms with Crippen LogP contribution in [0.15, 0.2) is 206 Å². The van der Waals surface area contributed by atoms with E-state index in [-0.39, 0.29) is 72.2 Å². The normalized spacial score (nSPS) is 15.3. The highest BCUT2D eigenvalue weighted by Crippen LogP contribution is 2.47. The average molecular weight is 985 g/mol. The molecule has 4 heterocycles. The van der Waals surface area contributed by atoms with E-state index in [0.717, 1.165) is 38.8 Å². The predicted octanol–water partition coefficient (Wildman–Crippen LogP) is 17.9. The lowest BCUT2D eigenvalue weighted by Crippen LogP contribution is -2.32. The summed E-state index contributed by atoms with van der Waals surface area (Å²) in [5.41, 5.74) is 5.06. The van der Waals surface area contributed by atoms with E-state index in [1.807, 2.05) is 97.2 Å². The van der Waals surface area contributed by atoms with E-state index in [1.165, 1.54) is 24.3 Å². The van der Waals surface area contributed by atoms with Gasteiger partial charge in [0.1, 0.15) is 17.3 Å². The monoisotopic (exact) mass is 985 g/mol. The number of hydrogen-bond donors (Lipinski definition) is 0. The van der Waals surface area contributed by atoms with Crippen LogP contribution in [0, 0.1) is 20.0 Å². The fraction of sp³-hybridized carbons (Fsp3) is 0.143. The summed E-state index contributed by atoms with van der Waals surface area (Å²) in [7, 11) is 0. The number of aromatic nitrogens is 4. The molecule has 0 bridgehead atoms. The van der Waals surface area contributed by atoms with Gasteiger partial charge in [-0.3, -0.25) is 13.7 Å². The third kappa shape index (κ3) is 7.76. The van der Waals surface area contributed by atoms with Gasteiger partial charge in [-0.2, -0.15) is 0 Å². The Labute approximate surface area is 459 Å². The Morgan fingerprint density at radius 1 is 0.520 bits per heavy atom. The Balaban J connectivity index is 1.13. The topological polar surface area (TPSA) is 35.9 Å². The summed E-state index contributed by atoms with van der Waals surface area (Å²) in [4.78, 5) is 4.87. The lowest BCUT2D eigenvalue weighted by molar-refractivity contribution is -0.570. The number of pyridine rings is 1. The van der Waals surface area contributed by atoms with Crippen molar-refractivity contribution in [2.24, 2.45) is 0 Å². The molecule has 5 heteroatoms. The van der Waals surface area contributed by atoms with Gasteiger partial charge < -0.3 is 4.74 Å². The lowest BCUT2D eigenvalue weighted by Gasteiger charge is -2.23. The summed E-state index contributed by atoms with van der Waals surface area (Å²) in [5.74, 6) is 1.74. The molecule has 3 aromatic heterocycles. The first-order valence-electron chi connectivity index (χ1n) is 32.0. The maximum Gasteiger partial charge on any atom is 0.269 e. The molecule has 0 unspecified atom stereocenters. The molecule has 0 saturated heterocycles. The minimum Gasteiger partial charge on any atom is -0.458 e. The predicted molar refractivity (Wildman–Crippen MR) is 310 cm³/mol. The van der Waals surface area contributed by atoms with E-state index in [2.05, 4.69) is 70.6 Å². The quantitative estimate of drug-likeness (QED) is 0.123. The van der Waals surface area contributed by atoms with Gasteiger partial charge in [-0.25, -0.2) is 4.98 Å². The Hall–Kier alpha value is -8.80. The lowest BCUT2D eigenvalue weighted by atomic mass is 9.84. The third-order valence-electron chi connectivity index (χ3n) is 14.4. The van der Waals surface area contributed by atoms with Gasteiger partial charge in [0, 0.05) is 31.3 Å². The van der Waals surface area contributed by atoms with Crippen molar-refractivity contribution in [2.45, 2.75) is 66.1 Å². The van der Waals surface area contributed by atoms with Gasteiger partial charge in [-0.05, 0) is 163 Å². The van der Waals surface area contributed by atoms with Crippen LogP contribution in [0.25, 0.3) is 106 Å². The molecule has 1 aliphatic heterocycles. The number of imidazole rings is 1. The third-order valence-corrected chi connectivity index (χ3v) is 14.4. The SMILES string of the molecule is [2H]c1c([2H])c([2H])c2c(c1[2H])-c1cc(-c3c(C([2H])([2H])[2H])cccc3C([2H])([2H])[2H])cc(-c3ccc(C(C)(C)C)cc3)c1-[n+]1[c-]n(-c3cccc(Oc4ccc5c6ccccc6n(-c6cc(C(C)(C)C)ccn6)c5c4)c3)c3cccc(c31)-c1c([2H])c([2H])c([2H])c([2H])c1-2. The second kappa shape index (κ2) is 17.4. The van der Waals surface area contributed by atoms with Gasteiger partial charge in [0.25, 0.3) is 6.33 Å². The summed E-state index contributed by atoms with van der Waals surface area (Å²) in [5, 5.41) is 2.06. The van der Waals surface area contributed by atoms with Crippen molar-refractivity contribution >= 4 is 32.8 Å². The molecular formula is C70H58N4O. The zero-order chi connectivity index (χ0) is 63.3. The Morgan fingerprint density at radius 2 is 1.15 bits per heavy atom. The van der Waals surface area contributed by atoms with Crippen molar-refractivity contribution in [2.75, 3.05) is 0 Å². The van der Waals surface area contributed by atoms with E-state index in [9.17, 15) is 9.60 Å². The molecule has 9 aromatic carbocycles. The molecule has 364 valence electrons. The number of nitrogens with zero attached hydrogens (tertiary/aromatic N) is 4. The molecule has 0 fully saturated rings. The first-order chi connectivity index (χ1) is 42.0. The van der Waals surface area contributed by atoms with E-state index < -0.39 is 62.0 Å². The van der Waals surface area contributed by atoms with E-state index >= 15 is 0 Å². The fourth-order valence-electron chi connectivity index (χ4n) is 10.6. The number of benzene rings is 9. The molecule has 1 aliphatic rings. The highest BCUT2D eigenvalue weighted by atomic mass is 16.5. The van der Waals surface area contributed by atoms with Gasteiger partial charge in [0.05, 0.1) is 44.4 Å². The summed E-state index contributed by atoms with van der Waals surface area (Å²) in [6.07, 6.45) is 5.47. The molecule has 0 radical (unpaired) electrons. The van der Waals surface area contributed by atoms with Crippen LogP contribution >= 0.6 is 0 Å². The van der Waals surface area contributed by atoms with E-state index in [4.69, 9.17) is 19.3 Å². The van der Waals surface area contributed by atoms with E-state index in [1.54, 1.807) is 27.3 Å².